The number of rotatable bonds is 4. The van der Waals surface area contributed by atoms with Gasteiger partial charge in [0.15, 0.2) is 5.65 Å². The molecule has 2 rings (SSSR count). The molecule has 0 aliphatic carbocycles. The quantitative estimate of drug-likeness (QED) is 0.761. The predicted octanol–water partition coefficient (Wildman–Crippen LogP) is 1.35. The van der Waals surface area contributed by atoms with Gasteiger partial charge in [0.1, 0.15) is 0 Å². The van der Waals surface area contributed by atoms with Crippen molar-refractivity contribution in [2.75, 3.05) is 13.6 Å². The van der Waals surface area contributed by atoms with Gasteiger partial charge in [-0.3, -0.25) is 0 Å². The maximum Gasteiger partial charge on any atom is 0.154 e. The van der Waals surface area contributed by atoms with Crippen LogP contribution in [0, 0.1) is 0 Å². The average molecular weight is 202 g/mol. The van der Waals surface area contributed by atoms with Crippen molar-refractivity contribution in [3.8, 4) is 0 Å². The lowest BCUT2D eigenvalue weighted by molar-refractivity contribution is 0.809. The van der Waals surface area contributed by atoms with Crippen LogP contribution in [0.5, 0.6) is 0 Å². The molecular formula is C11H14N4. The maximum absolute atomic E-state index is 4.25. The Kier molecular flexibility index (Phi) is 3.09. The van der Waals surface area contributed by atoms with Crippen LogP contribution in [0.4, 0.5) is 0 Å². The summed E-state index contributed by atoms with van der Waals surface area (Å²) in [7, 11) is 1.95. The molecule has 0 aliphatic heterocycles. The number of nitrogens with zero attached hydrogens (tertiary/aromatic N) is 3. The molecule has 2 aromatic rings. The normalized spacial score (nSPS) is 11.5. The van der Waals surface area contributed by atoms with Gasteiger partial charge in [-0.2, -0.15) is 5.10 Å². The summed E-state index contributed by atoms with van der Waals surface area (Å²) >= 11 is 0. The summed E-state index contributed by atoms with van der Waals surface area (Å²) in [6, 6.07) is 3.83. The van der Waals surface area contributed by atoms with Crippen LogP contribution in [0.2, 0.25) is 0 Å². The van der Waals surface area contributed by atoms with Crippen LogP contribution >= 0.6 is 0 Å². The van der Waals surface area contributed by atoms with Gasteiger partial charge >= 0.3 is 0 Å². The molecule has 0 aliphatic rings. The molecule has 0 saturated carbocycles. The highest BCUT2D eigenvalue weighted by Gasteiger charge is 1.98. The number of hydrogen-bond acceptors (Lipinski definition) is 3. The number of aromatic nitrogens is 3. The summed E-state index contributed by atoms with van der Waals surface area (Å²) in [5.41, 5.74) is 1.90. The smallest absolute Gasteiger partial charge is 0.154 e. The van der Waals surface area contributed by atoms with E-state index in [0.29, 0.717) is 0 Å². The van der Waals surface area contributed by atoms with E-state index < -0.39 is 0 Å². The molecule has 2 heterocycles. The van der Waals surface area contributed by atoms with E-state index in [0.717, 1.165) is 24.3 Å². The monoisotopic (exact) mass is 202 g/mol. The van der Waals surface area contributed by atoms with Crippen molar-refractivity contribution in [2.24, 2.45) is 0 Å². The zero-order chi connectivity index (χ0) is 10.5. The number of imidazole rings is 1. The number of fused-ring (bicyclic) bond motifs is 1. The second kappa shape index (κ2) is 4.70. The number of hydrogen-bond donors (Lipinski definition) is 1. The fourth-order valence-electron chi connectivity index (χ4n) is 1.39. The second-order valence-corrected chi connectivity index (χ2v) is 3.27. The molecule has 0 bridgehead atoms. The van der Waals surface area contributed by atoms with E-state index in [1.165, 1.54) is 0 Å². The van der Waals surface area contributed by atoms with Gasteiger partial charge in [0.05, 0.1) is 11.9 Å². The van der Waals surface area contributed by atoms with E-state index in [1.807, 2.05) is 36.0 Å². The van der Waals surface area contributed by atoms with Crippen LogP contribution in [0.3, 0.4) is 0 Å². The van der Waals surface area contributed by atoms with Gasteiger partial charge in [0.25, 0.3) is 0 Å². The van der Waals surface area contributed by atoms with Crippen LogP contribution in [-0.4, -0.2) is 28.2 Å². The van der Waals surface area contributed by atoms with E-state index in [4.69, 9.17) is 0 Å². The van der Waals surface area contributed by atoms with Crippen LogP contribution < -0.4 is 5.32 Å². The molecule has 0 fully saturated rings. The van der Waals surface area contributed by atoms with Gasteiger partial charge in [0, 0.05) is 6.20 Å². The molecule has 0 atom stereocenters. The zero-order valence-electron chi connectivity index (χ0n) is 8.72. The molecule has 2 aromatic heterocycles. The third-order valence-electron chi connectivity index (χ3n) is 2.15. The van der Waals surface area contributed by atoms with Crippen LogP contribution in [-0.2, 0) is 0 Å². The Morgan fingerprint density at radius 2 is 2.47 bits per heavy atom. The van der Waals surface area contributed by atoms with E-state index in [-0.39, 0.29) is 0 Å². The Morgan fingerprint density at radius 1 is 1.53 bits per heavy atom. The minimum atomic E-state index is 0.880. The molecule has 4 heteroatoms. The van der Waals surface area contributed by atoms with Crippen molar-refractivity contribution >= 4 is 11.7 Å². The van der Waals surface area contributed by atoms with Gasteiger partial charge in [-0.25, -0.2) is 9.50 Å². The first-order valence-electron chi connectivity index (χ1n) is 5.02. The minimum Gasteiger partial charge on any atom is -0.319 e. The molecule has 4 nitrogen and oxygen atoms in total. The molecule has 0 radical (unpaired) electrons. The summed E-state index contributed by atoms with van der Waals surface area (Å²) < 4.78 is 1.83. The first-order valence-corrected chi connectivity index (χ1v) is 5.02. The van der Waals surface area contributed by atoms with E-state index >= 15 is 0 Å². The molecule has 0 amide bonds. The first kappa shape index (κ1) is 9.86. The van der Waals surface area contributed by atoms with E-state index in [9.17, 15) is 0 Å². The molecule has 78 valence electrons. The fourth-order valence-corrected chi connectivity index (χ4v) is 1.39. The second-order valence-electron chi connectivity index (χ2n) is 3.27. The summed E-state index contributed by atoms with van der Waals surface area (Å²) in [5, 5.41) is 7.32. The molecule has 1 N–H and O–H groups in total. The van der Waals surface area contributed by atoms with Crippen molar-refractivity contribution in [3.05, 3.63) is 36.3 Å². The first-order chi connectivity index (χ1) is 7.42. The fraction of sp³-hybridized carbons (Fsp3) is 0.273. The Hall–Kier alpha value is -1.68. The highest BCUT2D eigenvalue weighted by molar-refractivity contribution is 5.50. The maximum atomic E-state index is 4.25. The Balaban J connectivity index is 2.17. The van der Waals surface area contributed by atoms with Crippen molar-refractivity contribution in [1.29, 1.82) is 0 Å². The lowest BCUT2D eigenvalue weighted by Gasteiger charge is -1.94. The van der Waals surface area contributed by atoms with Gasteiger partial charge in [0.2, 0.25) is 0 Å². The van der Waals surface area contributed by atoms with Crippen molar-refractivity contribution in [2.45, 2.75) is 6.42 Å². The Labute approximate surface area is 88.6 Å². The number of nitrogens with one attached hydrogen (secondary N) is 1. The zero-order valence-corrected chi connectivity index (χ0v) is 8.72. The Morgan fingerprint density at radius 3 is 3.33 bits per heavy atom. The molecule has 0 spiro atoms. The summed E-state index contributed by atoms with van der Waals surface area (Å²) in [6.07, 6.45) is 8.77. The topological polar surface area (TPSA) is 42.2 Å². The summed E-state index contributed by atoms with van der Waals surface area (Å²) in [4.78, 5) is 4.25. The predicted molar refractivity (Wildman–Crippen MR) is 60.6 cm³/mol. The standard InChI is InChI=1S/C11H14N4/c1-12-7-3-2-5-10-9-13-11-6-4-8-14-15(10)11/h2,4-6,8-9,12H,3,7H2,1H3. The largest absolute Gasteiger partial charge is 0.319 e. The van der Waals surface area contributed by atoms with E-state index in [2.05, 4.69) is 21.5 Å². The van der Waals surface area contributed by atoms with Gasteiger partial charge in [-0.05, 0) is 38.2 Å². The highest BCUT2D eigenvalue weighted by Crippen LogP contribution is 2.05. The summed E-state index contributed by atoms with van der Waals surface area (Å²) in [6.45, 7) is 0.987. The van der Waals surface area contributed by atoms with Gasteiger partial charge < -0.3 is 5.32 Å². The van der Waals surface area contributed by atoms with Crippen LogP contribution in [0.1, 0.15) is 12.1 Å². The molecule has 15 heavy (non-hydrogen) atoms. The lowest BCUT2D eigenvalue weighted by Crippen LogP contribution is -2.05. The summed E-state index contributed by atoms with van der Waals surface area (Å²) in [5.74, 6) is 0. The van der Waals surface area contributed by atoms with Crippen LogP contribution in [0.25, 0.3) is 11.7 Å². The molecule has 0 unspecified atom stereocenters. The van der Waals surface area contributed by atoms with Crippen molar-refractivity contribution < 1.29 is 0 Å². The van der Waals surface area contributed by atoms with E-state index in [1.54, 1.807) is 6.20 Å². The molecular weight excluding hydrogens is 188 g/mol. The Bertz CT molecular complexity index is 458. The van der Waals surface area contributed by atoms with Gasteiger partial charge in [-0.15, -0.1) is 0 Å². The third kappa shape index (κ3) is 2.22. The molecule has 0 saturated heterocycles. The van der Waals surface area contributed by atoms with Crippen molar-refractivity contribution in [3.63, 3.8) is 0 Å². The highest BCUT2D eigenvalue weighted by atomic mass is 15.2. The lowest BCUT2D eigenvalue weighted by atomic mass is 10.3. The SMILES string of the molecule is CNCCC=Cc1cnc2cccnn12. The van der Waals surface area contributed by atoms with Crippen molar-refractivity contribution in [1.82, 2.24) is 19.9 Å². The minimum absolute atomic E-state index is 0.880. The molecule has 0 aromatic carbocycles. The average Bonchev–Trinajstić information content (AvgIpc) is 2.68. The van der Waals surface area contributed by atoms with Crippen LogP contribution in [0.15, 0.2) is 30.6 Å². The third-order valence-corrected chi connectivity index (χ3v) is 2.15. The van der Waals surface area contributed by atoms with Gasteiger partial charge in [-0.1, -0.05) is 6.08 Å².